The van der Waals surface area contributed by atoms with Crippen molar-refractivity contribution in [3.63, 3.8) is 0 Å². The number of ether oxygens (including phenoxy) is 3. The first-order valence-corrected chi connectivity index (χ1v) is 5.10. The molecular formula is C10H12BF3O5. The quantitative estimate of drug-likeness (QED) is 0.760. The fourth-order valence-corrected chi connectivity index (χ4v) is 1.35. The molecule has 5 nitrogen and oxygen atoms in total. The molecule has 0 fully saturated rings. The number of hydrogen-bond acceptors (Lipinski definition) is 5. The standard InChI is InChI=1S/C10H12BF3O5/c1-17-7-3-6(11(15)16)4-8(18-2)9(7)19-5-10(12,13)14/h3-4,15-16H,5H2,1-2H3. The van der Waals surface area contributed by atoms with Crippen molar-refractivity contribution in [1.82, 2.24) is 0 Å². The minimum Gasteiger partial charge on any atom is -0.493 e. The maximum absolute atomic E-state index is 12.1. The summed E-state index contributed by atoms with van der Waals surface area (Å²) in [6, 6.07) is 2.30. The van der Waals surface area contributed by atoms with Crippen molar-refractivity contribution >= 4 is 12.6 Å². The number of rotatable bonds is 5. The average molecular weight is 280 g/mol. The van der Waals surface area contributed by atoms with Crippen LogP contribution in [0.15, 0.2) is 12.1 Å². The van der Waals surface area contributed by atoms with Gasteiger partial charge in [0.15, 0.2) is 18.1 Å². The molecule has 1 aromatic carbocycles. The lowest BCUT2D eigenvalue weighted by Crippen LogP contribution is -2.30. The second-order valence-corrected chi connectivity index (χ2v) is 3.53. The Morgan fingerprint density at radius 1 is 1.11 bits per heavy atom. The van der Waals surface area contributed by atoms with Gasteiger partial charge in [-0.15, -0.1) is 0 Å². The molecule has 0 saturated heterocycles. The lowest BCUT2D eigenvalue weighted by Gasteiger charge is -2.16. The zero-order valence-corrected chi connectivity index (χ0v) is 10.2. The Labute approximate surface area is 107 Å². The summed E-state index contributed by atoms with van der Waals surface area (Å²) in [6.45, 7) is -1.51. The molecule has 0 bridgehead atoms. The van der Waals surface area contributed by atoms with E-state index in [9.17, 15) is 13.2 Å². The van der Waals surface area contributed by atoms with Gasteiger partial charge in [0.05, 0.1) is 14.2 Å². The molecule has 1 aromatic rings. The zero-order chi connectivity index (χ0) is 14.6. The van der Waals surface area contributed by atoms with Crippen molar-refractivity contribution in [2.45, 2.75) is 6.18 Å². The van der Waals surface area contributed by atoms with E-state index in [2.05, 4.69) is 4.74 Å². The first-order chi connectivity index (χ1) is 8.78. The van der Waals surface area contributed by atoms with E-state index in [1.165, 1.54) is 14.2 Å². The zero-order valence-electron chi connectivity index (χ0n) is 10.2. The van der Waals surface area contributed by atoms with E-state index in [4.69, 9.17) is 19.5 Å². The molecular weight excluding hydrogens is 268 g/mol. The monoisotopic (exact) mass is 280 g/mol. The summed E-state index contributed by atoms with van der Waals surface area (Å²) in [5.74, 6) is -0.440. The average Bonchev–Trinajstić information content (AvgIpc) is 2.33. The molecule has 0 unspecified atom stereocenters. The highest BCUT2D eigenvalue weighted by Crippen LogP contribution is 2.37. The summed E-state index contributed by atoms with van der Waals surface area (Å²) in [5, 5.41) is 18.1. The van der Waals surface area contributed by atoms with Crippen LogP contribution >= 0.6 is 0 Å². The van der Waals surface area contributed by atoms with Gasteiger partial charge in [0, 0.05) is 0 Å². The van der Waals surface area contributed by atoms with Crippen molar-refractivity contribution in [3.05, 3.63) is 12.1 Å². The van der Waals surface area contributed by atoms with Crippen molar-refractivity contribution in [3.8, 4) is 17.2 Å². The highest BCUT2D eigenvalue weighted by molar-refractivity contribution is 6.58. The molecule has 0 aromatic heterocycles. The summed E-state index contributed by atoms with van der Waals surface area (Å²) in [6.07, 6.45) is -4.51. The van der Waals surface area contributed by atoms with Crippen LogP contribution in [0.25, 0.3) is 0 Å². The van der Waals surface area contributed by atoms with E-state index in [-0.39, 0.29) is 22.7 Å². The van der Waals surface area contributed by atoms with Crippen molar-refractivity contribution < 1.29 is 37.4 Å². The maximum Gasteiger partial charge on any atom is 0.488 e. The SMILES string of the molecule is COc1cc(B(O)O)cc(OC)c1OCC(F)(F)F. The van der Waals surface area contributed by atoms with Gasteiger partial charge in [-0.05, 0) is 17.6 Å². The Kier molecular flexibility index (Phi) is 4.90. The molecule has 0 spiro atoms. The molecule has 19 heavy (non-hydrogen) atoms. The van der Waals surface area contributed by atoms with E-state index in [0.29, 0.717) is 0 Å². The number of halogens is 3. The van der Waals surface area contributed by atoms with Crippen LogP contribution < -0.4 is 19.7 Å². The number of alkyl halides is 3. The fourth-order valence-electron chi connectivity index (χ4n) is 1.35. The number of methoxy groups -OCH3 is 2. The highest BCUT2D eigenvalue weighted by atomic mass is 19.4. The third-order valence-corrected chi connectivity index (χ3v) is 2.16. The summed E-state index contributed by atoms with van der Waals surface area (Å²) < 4.78 is 50.7. The van der Waals surface area contributed by atoms with Gasteiger partial charge in [-0.2, -0.15) is 13.2 Å². The Morgan fingerprint density at radius 3 is 1.89 bits per heavy atom. The van der Waals surface area contributed by atoms with Gasteiger partial charge < -0.3 is 24.3 Å². The summed E-state index contributed by atoms with van der Waals surface area (Å²) in [4.78, 5) is 0. The Bertz CT molecular complexity index is 411. The van der Waals surface area contributed by atoms with E-state index in [1.54, 1.807) is 0 Å². The largest absolute Gasteiger partial charge is 0.493 e. The molecule has 0 heterocycles. The van der Waals surface area contributed by atoms with Crippen LogP contribution in [-0.4, -0.2) is 44.2 Å². The van der Waals surface area contributed by atoms with Crippen LogP contribution in [0.1, 0.15) is 0 Å². The van der Waals surface area contributed by atoms with Crippen LogP contribution in [0.2, 0.25) is 0 Å². The van der Waals surface area contributed by atoms with Crippen LogP contribution in [0.5, 0.6) is 17.2 Å². The minimum atomic E-state index is -4.51. The highest BCUT2D eigenvalue weighted by Gasteiger charge is 2.30. The predicted molar refractivity (Wildman–Crippen MR) is 60.9 cm³/mol. The molecule has 0 aliphatic heterocycles. The van der Waals surface area contributed by atoms with Crippen LogP contribution in [0, 0.1) is 0 Å². The molecule has 106 valence electrons. The van der Waals surface area contributed by atoms with Gasteiger partial charge in [-0.25, -0.2) is 0 Å². The first kappa shape index (κ1) is 15.5. The van der Waals surface area contributed by atoms with Gasteiger partial charge in [-0.3, -0.25) is 0 Å². The molecule has 1 rings (SSSR count). The molecule has 0 aliphatic carbocycles. The van der Waals surface area contributed by atoms with Gasteiger partial charge in [-0.1, -0.05) is 0 Å². The summed E-state index contributed by atoms with van der Waals surface area (Å²) in [5.41, 5.74) is 0.00746. The third kappa shape index (κ3) is 4.21. The Morgan fingerprint density at radius 2 is 1.58 bits per heavy atom. The van der Waals surface area contributed by atoms with Gasteiger partial charge in [0.2, 0.25) is 5.75 Å². The normalized spacial score (nSPS) is 11.1. The predicted octanol–water partition coefficient (Wildman–Crippen LogP) is 0.325. The van der Waals surface area contributed by atoms with Crippen LogP contribution in [0.4, 0.5) is 13.2 Å². The van der Waals surface area contributed by atoms with E-state index in [0.717, 1.165) is 12.1 Å². The van der Waals surface area contributed by atoms with Gasteiger partial charge in [0.1, 0.15) is 0 Å². The molecule has 0 saturated carbocycles. The lowest BCUT2D eigenvalue weighted by molar-refractivity contribution is -0.153. The second-order valence-electron chi connectivity index (χ2n) is 3.53. The van der Waals surface area contributed by atoms with Crippen molar-refractivity contribution in [1.29, 1.82) is 0 Å². The minimum absolute atomic E-state index is 0.00746. The van der Waals surface area contributed by atoms with Crippen molar-refractivity contribution in [2.24, 2.45) is 0 Å². The molecule has 0 atom stereocenters. The van der Waals surface area contributed by atoms with E-state index >= 15 is 0 Å². The molecule has 0 radical (unpaired) electrons. The van der Waals surface area contributed by atoms with Gasteiger partial charge in [0.25, 0.3) is 0 Å². The van der Waals surface area contributed by atoms with Gasteiger partial charge >= 0.3 is 13.3 Å². The summed E-state index contributed by atoms with van der Waals surface area (Å²) in [7, 11) is 0.616. The molecule has 2 N–H and O–H groups in total. The van der Waals surface area contributed by atoms with E-state index < -0.39 is 19.9 Å². The Balaban J connectivity index is 3.13. The number of hydrogen-bond donors (Lipinski definition) is 2. The first-order valence-electron chi connectivity index (χ1n) is 5.10. The Hall–Kier alpha value is -1.61. The third-order valence-electron chi connectivity index (χ3n) is 2.16. The number of benzene rings is 1. The van der Waals surface area contributed by atoms with E-state index in [1.807, 2.05) is 0 Å². The molecule has 0 aliphatic rings. The second kappa shape index (κ2) is 6.03. The van der Waals surface area contributed by atoms with Crippen molar-refractivity contribution in [2.75, 3.05) is 20.8 Å². The molecule has 0 amide bonds. The molecule has 9 heteroatoms. The lowest BCUT2D eigenvalue weighted by atomic mass is 9.80. The summed E-state index contributed by atoms with van der Waals surface area (Å²) >= 11 is 0. The van der Waals surface area contributed by atoms with Crippen LogP contribution in [-0.2, 0) is 0 Å². The topological polar surface area (TPSA) is 68.2 Å². The smallest absolute Gasteiger partial charge is 0.488 e. The maximum atomic E-state index is 12.1. The fraction of sp³-hybridized carbons (Fsp3) is 0.400. The van der Waals surface area contributed by atoms with Crippen LogP contribution in [0.3, 0.4) is 0 Å².